The molecule has 5 aromatic heterocycles. The van der Waals surface area contributed by atoms with Gasteiger partial charge in [0.2, 0.25) is 5.75 Å². The van der Waals surface area contributed by atoms with E-state index in [1.54, 1.807) is 87.3 Å². The molecule has 6 fully saturated rings. The van der Waals surface area contributed by atoms with Crippen LogP contribution in [-0.4, -0.2) is 218 Å². The quantitative estimate of drug-likeness (QED) is 0.0531. The van der Waals surface area contributed by atoms with E-state index in [0.717, 1.165) is 160 Å². The maximum Gasteiger partial charge on any atom is 0.328 e. The third-order valence-corrected chi connectivity index (χ3v) is 34.6. The van der Waals surface area contributed by atoms with Gasteiger partial charge in [-0.15, -0.1) is 0 Å². The molecule has 0 bridgehead atoms. The highest BCUT2D eigenvalue weighted by Crippen LogP contribution is 2.55. The average Bonchev–Trinajstić information content (AvgIpc) is 1.56. The van der Waals surface area contributed by atoms with Crippen molar-refractivity contribution < 1.29 is 52.5 Å². The number of aromatic nitrogens is 5. The van der Waals surface area contributed by atoms with E-state index in [1.165, 1.54) is 33.9 Å². The van der Waals surface area contributed by atoms with Crippen LogP contribution in [0.2, 0.25) is 10.0 Å². The Morgan fingerprint density at radius 2 is 0.700 bits per heavy atom. The molecule has 10 atom stereocenters. The first kappa shape index (κ1) is 98.4. The second kappa shape index (κ2) is 39.5. The zero-order valence-corrected chi connectivity index (χ0v) is 88.9. The maximum absolute atomic E-state index is 14.0. The minimum Gasteiger partial charge on any atom is -0.497 e. The van der Waals surface area contributed by atoms with Crippen LogP contribution >= 0.6 is 72.1 Å². The summed E-state index contributed by atoms with van der Waals surface area (Å²) in [5.74, 6) is 3.59. The molecule has 15 heterocycles. The summed E-state index contributed by atoms with van der Waals surface area (Å²) in [7, 11) is 13.3. The number of para-hydroxylation sites is 7. The van der Waals surface area contributed by atoms with Crippen LogP contribution in [-0.2, 0) is 56.1 Å². The lowest BCUT2D eigenvalue weighted by Gasteiger charge is -2.38. The molecule has 150 heavy (non-hydrogen) atoms. The molecule has 5 saturated heterocycles. The van der Waals surface area contributed by atoms with Crippen molar-refractivity contribution in [2.24, 2.45) is 0 Å². The molecule has 1 aliphatic carbocycles. The first-order valence-corrected chi connectivity index (χ1v) is 53.0. The third kappa shape index (κ3) is 16.0. The fourth-order valence-corrected chi connectivity index (χ4v) is 26.7. The maximum atomic E-state index is 14.0. The van der Waals surface area contributed by atoms with Gasteiger partial charge in [-0.2, -0.15) is 0 Å². The van der Waals surface area contributed by atoms with Gasteiger partial charge in [-0.3, -0.25) is 53.4 Å². The number of carbonyl (C=O) groups excluding carboxylic acids is 6. The molecule has 10 unspecified atom stereocenters. The average molecular weight is 2110 g/mol. The number of carbonyl (C=O) groups is 6. The van der Waals surface area contributed by atoms with Gasteiger partial charge in [-0.05, 0) is 185 Å². The Labute approximate surface area is 898 Å². The van der Waals surface area contributed by atoms with Gasteiger partial charge >= 0.3 is 6.03 Å². The van der Waals surface area contributed by atoms with E-state index in [1.807, 2.05) is 178 Å². The molecule has 26 nitrogen and oxygen atoms in total. The number of likely N-dealkylation sites (N-methyl/N-ethyl adjacent to an activating group) is 3. The van der Waals surface area contributed by atoms with Crippen molar-refractivity contribution in [1.29, 1.82) is 0 Å². The third-order valence-electron chi connectivity index (χ3n) is 31.9. The lowest BCUT2D eigenvalue weighted by atomic mass is 9.88. The Morgan fingerprint density at radius 3 is 1.15 bits per heavy atom. The second-order valence-electron chi connectivity index (χ2n) is 39.9. The van der Waals surface area contributed by atoms with Crippen molar-refractivity contribution in [2.45, 2.75) is 150 Å². The summed E-state index contributed by atoms with van der Waals surface area (Å²) in [4.78, 5) is 116. The standard InChI is InChI=1S/C29H27N3O2S.C25H25N3O2.C23H23N3O4S.C21H19N3O2S.C20H15Cl2N3OS/c1-17(2)20-8-5-7-11-24(20)32-28(33)25-16-22-21-9-4-6-10-23(21)30-26(22)27(31(25)29(32)35)18-12-14-19(34-3)15-13-18;29-24-21-15-19-18-13-7-8-14-20(18)26-22(19)23(16-9-3-1-4-10-16)28(21)25(30)27(24)17-11-5-2-6-12-17;1-25-22(27)16-11-14-12-7-5-6-8-15(12)24-18(14)19(26(16)23(25)31)13-9-10-17(28-2)21(30-4)20(13)29-3;1-23-20(25)16-11-14-12-7-3-5-9-15(12)22-18(14)19(24(16)21(23)27)13-8-4-6-10-17(13)26-2;1-24-19(26)15-9-12-10-5-2-3-8-14(10)23-17(12)18(25(15)20(24)27)11-6-4-7-13(21)16(11)22/h4-15,17,25,27,30H,16H2,1-3H3;1,3-4,7-10,13-14,17,21,23,26H,2,5-6,11-12,15H2;5-10,16,19,24H,11H2,1-4H3;3-10,16,19,22H,11H2,1-2H3;2-8,15,18,23H,9H2,1H3. The lowest BCUT2D eigenvalue weighted by molar-refractivity contribution is -0.130. The number of halogens is 2. The van der Waals surface area contributed by atoms with Crippen LogP contribution in [0.3, 0.4) is 0 Å². The number of anilines is 1. The summed E-state index contributed by atoms with van der Waals surface area (Å²) in [5.41, 5.74) is 23.2. The van der Waals surface area contributed by atoms with Crippen molar-refractivity contribution in [3.8, 4) is 28.7 Å². The molecule has 1 saturated carbocycles. The Balaban J connectivity index is 0.000000103. The van der Waals surface area contributed by atoms with Crippen molar-refractivity contribution in [3.63, 3.8) is 0 Å². The van der Waals surface area contributed by atoms with E-state index in [4.69, 9.17) is 95.8 Å². The fourth-order valence-electron chi connectivity index (χ4n) is 24.9. The van der Waals surface area contributed by atoms with Gasteiger partial charge in [0.1, 0.15) is 59.8 Å². The van der Waals surface area contributed by atoms with E-state index < -0.39 is 6.04 Å². The highest BCUT2D eigenvalue weighted by molar-refractivity contribution is 7.81. The number of nitrogens with one attached hydrogen (secondary N) is 5. The summed E-state index contributed by atoms with van der Waals surface area (Å²) in [6.07, 6.45) is 8.30. The van der Waals surface area contributed by atoms with Crippen LogP contribution in [0.15, 0.2) is 255 Å². The van der Waals surface area contributed by atoms with E-state index in [9.17, 15) is 28.8 Å². The number of nitrogens with zero attached hydrogens (tertiary/aromatic N) is 10. The largest absolute Gasteiger partial charge is 0.497 e. The topological polar surface area (TPSA) is 260 Å². The Hall–Kier alpha value is -14.9. The predicted octanol–water partition coefficient (Wildman–Crippen LogP) is 21.8. The summed E-state index contributed by atoms with van der Waals surface area (Å²) in [5, 5.41) is 8.83. The number of rotatable bonds is 13. The van der Waals surface area contributed by atoms with Gasteiger partial charge < -0.3 is 68.2 Å². The van der Waals surface area contributed by atoms with Crippen molar-refractivity contribution in [3.05, 3.63) is 355 Å². The Morgan fingerprint density at radius 1 is 0.327 bits per heavy atom. The molecule has 5 N–H and O–H groups in total. The molecule has 32 heteroatoms. The summed E-state index contributed by atoms with van der Waals surface area (Å²) < 4.78 is 27.9. The zero-order valence-electron chi connectivity index (χ0n) is 84.1. The molecule has 11 aliphatic rings. The number of benzene rings is 11. The number of H-pyrrole nitrogens is 5. The van der Waals surface area contributed by atoms with Crippen molar-refractivity contribution in [1.82, 2.24) is 69.0 Å². The van der Waals surface area contributed by atoms with Crippen LogP contribution < -0.4 is 28.6 Å². The second-order valence-corrected chi connectivity index (χ2v) is 42.2. The number of imide groups is 1. The first-order valence-electron chi connectivity index (χ1n) is 50.6. The van der Waals surface area contributed by atoms with Crippen LogP contribution in [0.25, 0.3) is 54.5 Å². The van der Waals surface area contributed by atoms with Crippen molar-refractivity contribution in [2.75, 3.05) is 61.6 Å². The number of urea groups is 1. The van der Waals surface area contributed by atoms with E-state index in [2.05, 4.69) is 133 Å². The molecular weight excluding hydrogens is 2000 g/mol. The lowest BCUT2D eigenvalue weighted by Crippen LogP contribution is -2.44. The molecule has 0 radical (unpaired) electrons. The van der Waals surface area contributed by atoms with Gasteiger partial charge in [0.15, 0.2) is 31.9 Å². The van der Waals surface area contributed by atoms with E-state index in [-0.39, 0.29) is 102 Å². The van der Waals surface area contributed by atoms with Gasteiger partial charge in [-0.1, -0.05) is 238 Å². The Bertz CT molecular complexity index is 8220. The van der Waals surface area contributed by atoms with Gasteiger partial charge in [0.25, 0.3) is 29.5 Å². The molecule has 16 aromatic rings. The Kier molecular flexibility index (Phi) is 25.9. The van der Waals surface area contributed by atoms with Gasteiger partial charge in [0, 0.05) is 159 Å². The van der Waals surface area contributed by atoms with Crippen LogP contribution in [0.4, 0.5) is 10.5 Å². The van der Waals surface area contributed by atoms with E-state index >= 15 is 0 Å². The SMILES string of the molecule is CN1C(=O)C2Cc3c([nH]c4ccccc34)C(c3cccc(Cl)c3Cl)N2C1=S.COc1ccc(C2c3[nH]c4ccccc4c3CC3C(=O)N(C)C(=S)N32)c(OC)c1OC.COc1ccc(C2c3[nH]c4ccccc4c3CC3C(=O)N(c4ccccc4C(C)C)C(=S)N32)cc1.COc1ccccc1C1c2[nH]c3ccccc3c2CC2C(=O)N(C)C(=S)N21.O=C1C2Cc3c([nH]c4ccccc34)C(c3ccccc3)N2C(=O)N1C1CCCCC1. The molecule has 11 aromatic carbocycles. The normalized spacial score (nSPS) is 21.4. The number of methoxy groups -OCH3 is 5. The van der Waals surface area contributed by atoms with Crippen LogP contribution in [0, 0.1) is 0 Å². The van der Waals surface area contributed by atoms with Crippen molar-refractivity contribution >= 4 is 188 Å². The minimum absolute atomic E-state index is 0.00498. The monoisotopic (exact) mass is 2110 g/mol. The number of hydrogen-bond acceptors (Lipinski definition) is 15. The number of amides is 7. The van der Waals surface area contributed by atoms with Crippen LogP contribution in [0.5, 0.6) is 28.7 Å². The predicted molar refractivity (Wildman–Crippen MR) is 598 cm³/mol. The summed E-state index contributed by atoms with van der Waals surface area (Å²) >= 11 is 36.0. The zero-order chi connectivity index (χ0) is 104. The molecule has 7 amide bonds. The summed E-state index contributed by atoms with van der Waals surface area (Å²) in [6.45, 7) is 4.29. The smallest absolute Gasteiger partial charge is 0.328 e. The highest BCUT2D eigenvalue weighted by atomic mass is 35.5. The number of ether oxygens (including phenoxy) is 5. The molecule has 760 valence electrons. The minimum atomic E-state index is -0.420. The molecular formula is C118H109Cl2N15O11S4. The van der Waals surface area contributed by atoms with Gasteiger partial charge in [0.05, 0.1) is 63.4 Å². The molecule has 10 aliphatic heterocycles. The van der Waals surface area contributed by atoms with Gasteiger partial charge in [-0.25, -0.2) is 4.79 Å². The number of aromatic amines is 5. The summed E-state index contributed by atoms with van der Waals surface area (Å²) in [6, 6.07) is 81.6. The number of hydrogen-bond donors (Lipinski definition) is 5. The fraction of sp³-hybridized carbons (Fsp3) is 0.271. The molecule has 27 rings (SSSR count). The highest BCUT2D eigenvalue weighted by Gasteiger charge is 2.58. The number of fused-ring (bicyclic) bond motifs is 20. The van der Waals surface area contributed by atoms with Crippen LogP contribution in [0.1, 0.15) is 172 Å². The first-order chi connectivity index (χ1) is 72.8. The molecule has 0 spiro atoms. The van der Waals surface area contributed by atoms with E-state index in [0.29, 0.717) is 79.8 Å². The number of thiocarbonyl (C=S) groups is 4.